The van der Waals surface area contributed by atoms with Gasteiger partial charge in [0.2, 0.25) is 10.0 Å². The van der Waals surface area contributed by atoms with E-state index in [-0.39, 0.29) is 10.8 Å². The average Bonchev–Trinajstić information content (AvgIpc) is 3.36. The summed E-state index contributed by atoms with van der Waals surface area (Å²) >= 11 is 6.74. The number of aromatic nitrogens is 2. The van der Waals surface area contributed by atoms with E-state index >= 15 is 0 Å². The van der Waals surface area contributed by atoms with Gasteiger partial charge in [-0.25, -0.2) is 17.4 Å². The van der Waals surface area contributed by atoms with E-state index in [2.05, 4.69) is 0 Å². The lowest BCUT2D eigenvalue weighted by molar-refractivity contribution is -0.122. The van der Waals surface area contributed by atoms with E-state index in [1.54, 1.807) is 33.8 Å². The molecule has 0 spiro atoms. The van der Waals surface area contributed by atoms with Gasteiger partial charge in [-0.15, -0.1) is 0 Å². The molecule has 182 valence electrons. The van der Waals surface area contributed by atoms with Crippen LogP contribution in [-0.2, 0) is 14.8 Å². The van der Waals surface area contributed by atoms with Gasteiger partial charge >= 0.3 is 0 Å². The first-order valence-electron chi connectivity index (χ1n) is 11.0. The summed E-state index contributed by atoms with van der Waals surface area (Å²) in [7, 11) is -0.547. The lowest BCUT2D eigenvalue weighted by atomic mass is 10.1. The van der Waals surface area contributed by atoms with Crippen molar-refractivity contribution in [2.45, 2.75) is 18.7 Å². The number of amides is 1. The number of carbonyl (C=O) groups excluding carboxylic acids is 1. The van der Waals surface area contributed by atoms with E-state index < -0.39 is 10.0 Å². The molecule has 1 fully saturated rings. The molecule has 2 aromatic carbocycles. The zero-order valence-corrected chi connectivity index (χ0v) is 22.3. The highest BCUT2D eigenvalue weighted by Crippen LogP contribution is 2.35. The molecule has 4 rings (SSSR count). The summed E-state index contributed by atoms with van der Waals surface area (Å²) in [5.41, 5.74) is 2.98. The number of hydrogen-bond acceptors (Lipinski definition) is 6. The van der Waals surface area contributed by atoms with E-state index in [9.17, 15) is 13.2 Å². The number of hydrogen-bond donors (Lipinski definition) is 0. The Morgan fingerprint density at radius 3 is 2.34 bits per heavy atom. The maximum absolute atomic E-state index is 13.0. The Kier molecular flexibility index (Phi) is 7.27. The van der Waals surface area contributed by atoms with E-state index in [1.165, 1.54) is 30.2 Å². The number of thioether (sulfide) groups is 1. The molecule has 1 aromatic heterocycles. The standard InChI is InChI=1S/C25H26N4O3S3/c1-17(2)15-28-24(30)22(34-25(28)33)14-19-16-29(20-8-6-5-7-9-20)26-23(19)18-10-12-21(13-11-18)35(31,32)27(3)4/h5-14,16-17H,15H2,1-4H3. The van der Waals surface area contributed by atoms with Crippen LogP contribution in [0.5, 0.6) is 0 Å². The molecule has 1 saturated heterocycles. The van der Waals surface area contributed by atoms with Crippen LogP contribution in [0.1, 0.15) is 19.4 Å². The summed E-state index contributed by atoms with van der Waals surface area (Å²) in [5, 5.41) is 4.78. The second kappa shape index (κ2) is 10.1. The molecular formula is C25H26N4O3S3. The molecule has 0 N–H and O–H groups in total. The van der Waals surface area contributed by atoms with Gasteiger partial charge in [0.15, 0.2) is 0 Å². The minimum Gasteiger partial charge on any atom is -0.293 e. The predicted octanol–water partition coefficient (Wildman–Crippen LogP) is 4.65. The highest BCUT2D eigenvalue weighted by molar-refractivity contribution is 8.26. The third kappa shape index (κ3) is 5.25. The third-order valence-corrected chi connectivity index (χ3v) is 8.58. The maximum Gasteiger partial charge on any atom is 0.266 e. The zero-order valence-electron chi connectivity index (χ0n) is 19.9. The number of para-hydroxylation sites is 1. The van der Waals surface area contributed by atoms with Crippen molar-refractivity contribution in [1.29, 1.82) is 0 Å². The van der Waals surface area contributed by atoms with Gasteiger partial charge in [-0.1, -0.05) is 68.2 Å². The SMILES string of the molecule is CC(C)CN1C(=O)C(=Cc2cn(-c3ccccc3)nc2-c2ccc(S(=O)(=O)N(C)C)cc2)SC1=S. The van der Waals surface area contributed by atoms with Gasteiger partial charge in [0, 0.05) is 38.0 Å². The van der Waals surface area contributed by atoms with Gasteiger partial charge in [-0.2, -0.15) is 5.10 Å². The molecule has 0 bridgehead atoms. The molecule has 1 aliphatic heterocycles. The first-order chi connectivity index (χ1) is 16.6. The summed E-state index contributed by atoms with van der Waals surface area (Å²) in [6.07, 6.45) is 3.68. The number of thiocarbonyl (C=S) groups is 1. The summed E-state index contributed by atoms with van der Waals surface area (Å²) in [6.45, 7) is 4.66. The first-order valence-corrected chi connectivity index (χ1v) is 13.7. The van der Waals surface area contributed by atoms with Crippen molar-refractivity contribution in [3.8, 4) is 16.9 Å². The minimum atomic E-state index is -3.54. The van der Waals surface area contributed by atoms with Gasteiger partial charge in [0.25, 0.3) is 5.91 Å². The smallest absolute Gasteiger partial charge is 0.266 e. The Labute approximate surface area is 215 Å². The molecule has 35 heavy (non-hydrogen) atoms. The largest absolute Gasteiger partial charge is 0.293 e. The molecule has 0 saturated carbocycles. The summed E-state index contributed by atoms with van der Waals surface area (Å²) < 4.78 is 28.4. The fourth-order valence-electron chi connectivity index (χ4n) is 3.59. The lowest BCUT2D eigenvalue weighted by Crippen LogP contribution is -2.31. The van der Waals surface area contributed by atoms with Crippen molar-refractivity contribution in [1.82, 2.24) is 19.0 Å². The lowest BCUT2D eigenvalue weighted by Gasteiger charge is -2.16. The van der Waals surface area contributed by atoms with Crippen molar-refractivity contribution in [2.24, 2.45) is 5.92 Å². The van der Waals surface area contributed by atoms with E-state index in [0.717, 1.165) is 16.8 Å². The number of sulfonamides is 1. The van der Waals surface area contributed by atoms with Gasteiger partial charge in [-0.3, -0.25) is 9.69 Å². The van der Waals surface area contributed by atoms with E-state index in [1.807, 2.05) is 56.5 Å². The number of rotatable bonds is 7. The molecule has 0 aliphatic carbocycles. The van der Waals surface area contributed by atoms with E-state index in [0.29, 0.717) is 27.4 Å². The van der Waals surface area contributed by atoms with Crippen LogP contribution >= 0.6 is 24.0 Å². The topological polar surface area (TPSA) is 75.5 Å². The van der Waals surface area contributed by atoms with Crippen molar-refractivity contribution in [3.63, 3.8) is 0 Å². The second-order valence-corrected chi connectivity index (χ2v) is 12.5. The Morgan fingerprint density at radius 2 is 1.74 bits per heavy atom. The fraction of sp³-hybridized carbons (Fsp3) is 0.240. The molecule has 2 heterocycles. The van der Waals surface area contributed by atoms with Gasteiger partial charge < -0.3 is 0 Å². The third-order valence-electron chi connectivity index (χ3n) is 5.38. The van der Waals surface area contributed by atoms with Crippen LogP contribution in [-0.4, -0.2) is 58.3 Å². The van der Waals surface area contributed by atoms with Gasteiger partial charge in [-0.05, 0) is 36.3 Å². The van der Waals surface area contributed by atoms with Crippen LogP contribution in [0.2, 0.25) is 0 Å². The molecule has 0 radical (unpaired) electrons. The minimum absolute atomic E-state index is 0.112. The fourth-order valence-corrected chi connectivity index (χ4v) is 5.76. The molecular weight excluding hydrogens is 501 g/mol. The van der Waals surface area contributed by atoms with Crippen LogP contribution in [0.4, 0.5) is 0 Å². The molecule has 10 heteroatoms. The van der Waals surface area contributed by atoms with Crippen molar-refractivity contribution in [2.75, 3.05) is 20.6 Å². The molecule has 3 aromatic rings. The second-order valence-electron chi connectivity index (χ2n) is 8.71. The molecule has 1 aliphatic rings. The Morgan fingerprint density at radius 1 is 1.09 bits per heavy atom. The Hall–Kier alpha value is -2.79. The summed E-state index contributed by atoms with van der Waals surface area (Å²) in [4.78, 5) is 15.4. The van der Waals surface area contributed by atoms with E-state index in [4.69, 9.17) is 17.3 Å². The average molecular weight is 527 g/mol. The summed E-state index contributed by atoms with van der Waals surface area (Å²) in [6, 6.07) is 16.3. The number of benzene rings is 2. The molecule has 7 nitrogen and oxygen atoms in total. The quantitative estimate of drug-likeness (QED) is 0.330. The zero-order chi connectivity index (χ0) is 25.3. The molecule has 0 atom stereocenters. The van der Waals surface area contributed by atoms with Crippen molar-refractivity contribution in [3.05, 3.63) is 71.3 Å². The van der Waals surface area contributed by atoms with Gasteiger partial charge in [0.05, 0.1) is 21.2 Å². The van der Waals surface area contributed by atoms with Crippen LogP contribution < -0.4 is 0 Å². The summed E-state index contributed by atoms with van der Waals surface area (Å²) in [5.74, 6) is 0.185. The van der Waals surface area contributed by atoms with Crippen LogP contribution in [0, 0.1) is 5.92 Å². The molecule has 1 amide bonds. The Bertz CT molecular complexity index is 1390. The van der Waals surface area contributed by atoms with Crippen LogP contribution in [0.25, 0.3) is 23.0 Å². The van der Waals surface area contributed by atoms with Crippen molar-refractivity contribution >= 4 is 50.3 Å². The predicted molar refractivity (Wildman–Crippen MR) is 145 cm³/mol. The van der Waals surface area contributed by atoms with Crippen LogP contribution in [0.3, 0.4) is 0 Å². The van der Waals surface area contributed by atoms with Crippen molar-refractivity contribution < 1.29 is 13.2 Å². The number of carbonyl (C=O) groups is 1. The maximum atomic E-state index is 13.0. The molecule has 0 unspecified atom stereocenters. The highest BCUT2D eigenvalue weighted by Gasteiger charge is 2.32. The monoisotopic (exact) mass is 526 g/mol. The normalized spacial score (nSPS) is 15.7. The Balaban J connectivity index is 1.78. The number of nitrogens with zero attached hydrogens (tertiary/aromatic N) is 4. The van der Waals surface area contributed by atoms with Crippen LogP contribution in [0.15, 0.2) is 70.6 Å². The first kappa shape index (κ1) is 25.3. The van der Waals surface area contributed by atoms with Gasteiger partial charge in [0.1, 0.15) is 4.32 Å². The highest BCUT2D eigenvalue weighted by atomic mass is 32.2.